The average molecular weight is 598 g/mol. The molecule has 5 aromatic rings. The van der Waals surface area contributed by atoms with Crippen LogP contribution in [0.5, 0.6) is 28.7 Å². The summed E-state index contributed by atoms with van der Waals surface area (Å²) < 4.78 is 24.3. The number of carbonyl (C=O) groups is 1. The standard InChI is InChI=1S/C32H35N7O5/c1-6-43-29-20-39(25-19-33-13-11-21(25)8-7-15-38(2)3)37-31(29)32(40)36-30-10-9-22(18-35-30)44-26-12-14-34-24-17-28(42-5)27(41-4)16-23(24)26/h9-14,16-20H,6-8,15H2,1-5H3,(H,35,36,40). The third kappa shape index (κ3) is 6.87. The van der Waals surface area contributed by atoms with Crippen molar-refractivity contribution >= 4 is 22.6 Å². The molecular weight excluding hydrogens is 562 g/mol. The van der Waals surface area contributed by atoms with Crippen LogP contribution in [-0.4, -0.2) is 77.0 Å². The van der Waals surface area contributed by atoms with Crippen molar-refractivity contribution in [2.75, 3.05) is 46.8 Å². The molecular formula is C32H35N7O5. The Morgan fingerprint density at radius 1 is 0.955 bits per heavy atom. The first kappa shape index (κ1) is 30.2. The van der Waals surface area contributed by atoms with Gasteiger partial charge in [0.2, 0.25) is 0 Å². The zero-order chi connectivity index (χ0) is 31.1. The minimum Gasteiger partial charge on any atom is -0.493 e. The second-order valence-corrected chi connectivity index (χ2v) is 10.1. The number of rotatable bonds is 13. The molecule has 44 heavy (non-hydrogen) atoms. The Morgan fingerprint density at radius 2 is 1.77 bits per heavy atom. The third-order valence-corrected chi connectivity index (χ3v) is 6.79. The van der Waals surface area contributed by atoms with E-state index in [1.165, 1.54) is 6.20 Å². The first-order valence-corrected chi connectivity index (χ1v) is 14.2. The molecule has 0 aliphatic rings. The summed E-state index contributed by atoms with van der Waals surface area (Å²) >= 11 is 0. The van der Waals surface area contributed by atoms with Crippen molar-refractivity contribution in [2.24, 2.45) is 0 Å². The second-order valence-electron chi connectivity index (χ2n) is 10.1. The van der Waals surface area contributed by atoms with Crippen molar-refractivity contribution in [1.82, 2.24) is 29.6 Å². The Balaban J connectivity index is 1.33. The number of ether oxygens (including phenoxy) is 4. The average Bonchev–Trinajstić information content (AvgIpc) is 3.45. The molecule has 0 radical (unpaired) electrons. The van der Waals surface area contributed by atoms with Crippen molar-refractivity contribution < 1.29 is 23.7 Å². The monoisotopic (exact) mass is 597 g/mol. The van der Waals surface area contributed by atoms with Crippen LogP contribution < -0.4 is 24.3 Å². The van der Waals surface area contributed by atoms with E-state index in [0.717, 1.165) is 36.0 Å². The minimum absolute atomic E-state index is 0.143. The lowest BCUT2D eigenvalue weighted by Gasteiger charge is -2.12. The van der Waals surface area contributed by atoms with E-state index >= 15 is 0 Å². The SMILES string of the molecule is CCOc1cn(-c2cnccc2CCCN(C)C)nc1C(=O)Nc1ccc(Oc2ccnc3cc(OC)c(OC)cc23)cn1. The van der Waals surface area contributed by atoms with Crippen LogP contribution in [0.15, 0.2) is 67.4 Å². The molecule has 5 rings (SSSR count). The maximum absolute atomic E-state index is 13.3. The number of benzene rings is 1. The summed E-state index contributed by atoms with van der Waals surface area (Å²) in [6, 6.07) is 10.7. The van der Waals surface area contributed by atoms with E-state index in [2.05, 4.69) is 30.3 Å². The Bertz CT molecular complexity index is 1740. The highest BCUT2D eigenvalue weighted by molar-refractivity contribution is 6.04. The Morgan fingerprint density at radius 3 is 2.50 bits per heavy atom. The van der Waals surface area contributed by atoms with Gasteiger partial charge >= 0.3 is 0 Å². The highest BCUT2D eigenvalue weighted by atomic mass is 16.5. The number of anilines is 1. The Kier molecular flexibility index (Phi) is 9.50. The van der Waals surface area contributed by atoms with Gasteiger partial charge in [-0.1, -0.05) is 0 Å². The van der Waals surface area contributed by atoms with Crippen LogP contribution in [0, 0.1) is 0 Å². The number of nitrogens with one attached hydrogen (secondary N) is 1. The second kappa shape index (κ2) is 13.8. The Hall–Kier alpha value is -5.23. The van der Waals surface area contributed by atoms with Crippen molar-refractivity contribution in [1.29, 1.82) is 0 Å². The minimum atomic E-state index is -0.451. The van der Waals surface area contributed by atoms with Gasteiger partial charge in [-0.05, 0) is 76.3 Å². The van der Waals surface area contributed by atoms with Crippen LogP contribution in [0.1, 0.15) is 29.4 Å². The summed E-state index contributed by atoms with van der Waals surface area (Å²) in [6.45, 7) is 3.19. The molecule has 0 bridgehead atoms. The van der Waals surface area contributed by atoms with Crippen molar-refractivity contribution in [3.05, 3.63) is 78.6 Å². The van der Waals surface area contributed by atoms with Crippen LogP contribution in [0.25, 0.3) is 16.6 Å². The molecule has 1 N–H and O–H groups in total. The summed E-state index contributed by atoms with van der Waals surface area (Å²) in [5.41, 5.74) is 2.71. The highest BCUT2D eigenvalue weighted by Crippen LogP contribution is 2.37. The molecule has 0 fully saturated rings. The van der Waals surface area contributed by atoms with Gasteiger partial charge in [0.05, 0.1) is 50.6 Å². The predicted octanol–water partition coefficient (Wildman–Crippen LogP) is 5.17. The first-order chi connectivity index (χ1) is 21.4. The highest BCUT2D eigenvalue weighted by Gasteiger charge is 2.21. The number of amides is 1. The van der Waals surface area contributed by atoms with Crippen LogP contribution in [0.2, 0.25) is 0 Å². The van der Waals surface area contributed by atoms with Gasteiger partial charge in [-0.2, -0.15) is 5.10 Å². The van der Waals surface area contributed by atoms with Crippen LogP contribution >= 0.6 is 0 Å². The van der Waals surface area contributed by atoms with Crippen molar-refractivity contribution in [3.8, 4) is 34.4 Å². The van der Waals surface area contributed by atoms with Crippen LogP contribution in [0.3, 0.4) is 0 Å². The molecule has 0 saturated heterocycles. The van der Waals surface area contributed by atoms with E-state index in [9.17, 15) is 4.79 Å². The van der Waals surface area contributed by atoms with Gasteiger partial charge in [0.1, 0.15) is 17.3 Å². The van der Waals surface area contributed by atoms with E-state index < -0.39 is 5.91 Å². The van der Waals surface area contributed by atoms with Crippen LogP contribution in [-0.2, 0) is 6.42 Å². The van der Waals surface area contributed by atoms with Gasteiger partial charge in [-0.25, -0.2) is 9.67 Å². The largest absolute Gasteiger partial charge is 0.493 e. The van der Waals surface area contributed by atoms with E-state index in [1.54, 1.807) is 68.0 Å². The fraction of sp³-hybridized carbons (Fsp3) is 0.281. The van der Waals surface area contributed by atoms with E-state index in [0.29, 0.717) is 46.7 Å². The molecule has 0 spiro atoms. The number of aryl methyl sites for hydroxylation is 1. The van der Waals surface area contributed by atoms with E-state index in [-0.39, 0.29) is 5.69 Å². The molecule has 0 aliphatic heterocycles. The number of nitrogens with zero attached hydrogens (tertiary/aromatic N) is 6. The summed E-state index contributed by atoms with van der Waals surface area (Å²) in [5, 5.41) is 8.13. The molecule has 4 heterocycles. The van der Waals surface area contributed by atoms with Crippen molar-refractivity contribution in [2.45, 2.75) is 19.8 Å². The molecule has 12 nitrogen and oxygen atoms in total. The number of carbonyl (C=O) groups excluding carboxylic acids is 1. The quantitative estimate of drug-likeness (QED) is 0.194. The van der Waals surface area contributed by atoms with Gasteiger partial charge in [0, 0.05) is 23.8 Å². The van der Waals surface area contributed by atoms with Crippen LogP contribution in [0.4, 0.5) is 5.82 Å². The third-order valence-electron chi connectivity index (χ3n) is 6.79. The predicted molar refractivity (Wildman–Crippen MR) is 167 cm³/mol. The molecule has 1 amide bonds. The van der Waals surface area contributed by atoms with Gasteiger partial charge in [-0.15, -0.1) is 0 Å². The molecule has 0 atom stereocenters. The molecule has 228 valence electrons. The fourth-order valence-electron chi connectivity index (χ4n) is 4.67. The number of pyridine rings is 3. The number of aromatic nitrogens is 5. The molecule has 0 aliphatic carbocycles. The summed E-state index contributed by atoms with van der Waals surface area (Å²) in [5.74, 6) is 2.42. The summed E-state index contributed by atoms with van der Waals surface area (Å²) in [6.07, 6.45) is 10.2. The lowest BCUT2D eigenvalue weighted by Crippen LogP contribution is -2.15. The number of hydrogen-bond acceptors (Lipinski definition) is 10. The maximum Gasteiger partial charge on any atom is 0.281 e. The summed E-state index contributed by atoms with van der Waals surface area (Å²) in [7, 11) is 7.25. The Labute approximate surface area is 255 Å². The molecule has 12 heteroatoms. The van der Waals surface area contributed by atoms with E-state index in [1.807, 2.05) is 33.2 Å². The molecule has 0 saturated carbocycles. The van der Waals surface area contributed by atoms with Crippen molar-refractivity contribution in [3.63, 3.8) is 0 Å². The molecule has 0 unspecified atom stereocenters. The van der Waals surface area contributed by atoms with Gasteiger partial charge in [0.15, 0.2) is 22.9 Å². The lowest BCUT2D eigenvalue weighted by molar-refractivity contribution is 0.101. The smallest absolute Gasteiger partial charge is 0.281 e. The summed E-state index contributed by atoms with van der Waals surface area (Å²) in [4.78, 5) is 28.5. The number of hydrogen-bond donors (Lipinski definition) is 1. The molecule has 4 aromatic heterocycles. The number of fused-ring (bicyclic) bond motifs is 1. The lowest BCUT2D eigenvalue weighted by atomic mass is 10.1. The van der Waals surface area contributed by atoms with Gasteiger partial charge in [-0.3, -0.25) is 14.8 Å². The zero-order valence-electron chi connectivity index (χ0n) is 25.4. The topological polar surface area (TPSA) is 126 Å². The zero-order valence-corrected chi connectivity index (χ0v) is 25.4. The molecule has 1 aromatic carbocycles. The fourth-order valence-corrected chi connectivity index (χ4v) is 4.67. The normalized spacial score (nSPS) is 11.0. The number of methoxy groups -OCH3 is 2. The van der Waals surface area contributed by atoms with E-state index in [4.69, 9.17) is 18.9 Å². The van der Waals surface area contributed by atoms with Gasteiger partial charge < -0.3 is 29.2 Å². The first-order valence-electron chi connectivity index (χ1n) is 14.2. The maximum atomic E-state index is 13.3. The van der Waals surface area contributed by atoms with Gasteiger partial charge in [0.25, 0.3) is 5.91 Å².